The largest absolute Gasteiger partial charge is 0.397 e. The van der Waals surface area contributed by atoms with Crippen molar-refractivity contribution >= 4 is 11.5 Å². The Morgan fingerprint density at radius 2 is 2.22 bits per heavy atom. The van der Waals surface area contributed by atoms with Gasteiger partial charge in [-0.2, -0.15) is 5.26 Å². The minimum Gasteiger partial charge on any atom is -0.397 e. The maximum Gasteiger partial charge on any atom is 0.144 e. The predicted octanol–water partition coefficient (Wildman–Crippen LogP) is 1.74. The van der Waals surface area contributed by atoms with E-state index in [1.165, 1.54) is 6.20 Å². The maximum atomic E-state index is 9.10. The molecule has 0 amide bonds. The molecule has 1 aromatic heterocycles. The van der Waals surface area contributed by atoms with E-state index in [0.29, 0.717) is 23.5 Å². The van der Waals surface area contributed by atoms with Gasteiger partial charge in [-0.05, 0) is 17.9 Å². The van der Waals surface area contributed by atoms with Crippen molar-refractivity contribution < 1.29 is 5.11 Å². The Morgan fingerprint density at radius 3 is 2.72 bits per heavy atom. The molecule has 0 aliphatic heterocycles. The fourth-order valence-electron chi connectivity index (χ4n) is 1.70. The van der Waals surface area contributed by atoms with Gasteiger partial charge in [0.05, 0.1) is 17.4 Å². The summed E-state index contributed by atoms with van der Waals surface area (Å²) in [7, 11) is 0. The Balaban J connectivity index is 2.98. The van der Waals surface area contributed by atoms with Crippen molar-refractivity contribution in [2.24, 2.45) is 5.41 Å². The van der Waals surface area contributed by atoms with Crippen LogP contribution < -0.4 is 11.1 Å². The molecule has 1 aromatic rings. The van der Waals surface area contributed by atoms with Crippen molar-refractivity contribution in [3.05, 3.63) is 17.8 Å². The Kier molecular flexibility index (Phi) is 4.51. The number of nitrogen functional groups attached to an aromatic ring is 1. The summed E-state index contributed by atoms with van der Waals surface area (Å²) in [6, 6.07) is 3.69. The third-order valence-electron chi connectivity index (χ3n) is 2.80. The number of nitrogens with zero attached hydrogens (tertiary/aromatic N) is 2. The van der Waals surface area contributed by atoms with Crippen LogP contribution in [-0.4, -0.2) is 22.7 Å². The van der Waals surface area contributed by atoms with Crippen molar-refractivity contribution in [1.82, 2.24) is 4.98 Å². The highest BCUT2D eigenvalue weighted by Gasteiger charge is 2.25. The van der Waals surface area contributed by atoms with E-state index in [1.807, 2.05) is 0 Å². The highest BCUT2D eigenvalue weighted by atomic mass is 16.3. The number of anilines is 2. The SMILES string of the molecule is CC(C)(C)C(CCO)Nc1ncc(N)cc1C#N. The maximum absolute atomic E-state index is 9.10. The van der Waals surface area contributed by atoms with Gasteiger partial charge in [-0.3, -0.25) is 0 Å². The number of nitriles is 1. The first-order valence-electron chi connectivity index (χ1n) is 5.91. The number of rotatable bonds is 4. The Labute approximate surface area is 108 Å². The number of hydrogen-bond donors (Lipinski definition) is 3. The topological polar surface area (TPSA) is 95.0 Å². The molecule has 4 N–H and O–H groups in total. The lowest BCUT2D eigenvalue weighted by Crippen LogP contribution is -2.35. The number of aliphatic hydroxyl groups is 1. The fourth-order valence-corrected chi connectivity index (χ4v) is 1.70. The average molecular weight is 248 g/mol. The molecule has 1 atom stereocenters. The van der Waals surface area contributed by atoms with Crippen molar-refractivity contribution in [1.29, 1.82) is 5.26 Å². The van der Waals surface area contributed by atoms with Gasteiger partial charge in [0.25, 0.3) is 0 Å². The second-order valence-corrected chi connectivity index (χ2v) is 5.35. The molecule has 1 heterocycles. The molecule has 0 fully saturated rings. The van der Waals surface area contributed by atoms with Gasteiger partial charge in [0.1, 0.15) is 11.9 Å². The van der Waals surface area contributed by atoms with E-state index < -0.39 is 0 Å². The molecular formula is C13H20N4O. The third-order valence-corrected chi connectivity index (χ3v) is 2.80. The van der Waals surface area contributed by atoms with Gasteiger partial charge in [-0.1, -0.05) is 20.8 Å². The summed E-state index contributed by atoms with van der Waals surface area (Å²) in [5.41, 5.74) is 6.44. The van der Waals surface area contributed by atoms with Gasteiger partial charge in [-0.15, -0.1) is 0 Å². The highest BCUT2D eigenvalue weighted by Crippen LogP contribution is 2.26. The van der Waals surface area contributed by atoms with Crippen LogP contribution in [0.1, 0.15) is 32.8 Å². The molecule has 0 aromatic carbocycles. The van der Waals surface area contributed by atoms with Crippen LogP contribution >= 0.6 is 0 Å². The van der Waals surface area contributed by atoms with Crippen molar-refractivity contribution in [2.75, 3.05) is 17.7 Å². The van der Waals surface area contributed by atoms with E-state index in [0.717, 1.165) is 0 Å². The van der Waals surface area contributed by atoms with Gasteiger partial charge in [-0.25, -0.2) is 4.98 Å². The number of hydrogen-bond acceptors (Lipinski definition) is 5. The lowest BCUT2D eigenvalue weighted by Gasteiger charge is -2.31. The van der Waals surface area contributed by atoms with E-state index in [1.54, 1.807) is 6.07 Å². The van der Waals surface area contributed by atoms with Crippen LogP contribution in [0.2, 0.25) is 0 Å². The molecule has 98 valence electrons. The zero-order chi connectivity index (χ0) is 13.8. The minimum atomic E-state index is -0.0431. The molecular weight excluding hydrogens is 228 g/mol. The molecule has 0 radical (unpaired) electrons. The van der Waals surface area contributed by atoms with E-state index in [4.69, 9.17) is 16.1 Å². The van der Waals surface area contributed by atoms with Gasteiger partial charge in [0, 0.05) is 12.6 Å². The van der Waals surface area contributed by atoms with Crippen molar-refractivity contribution in [3.63, 3.8) is 0 Å². The molecule has 0 spiro atoms. The first-order valence-corrected chi connectivity index (χ1v) is 5.91. The molecule has 0 bridgehead atoms. The smallest absolute Gasteiger partial charge is 0.144 e. The van der Waals surface area contributed by atoms with Crippen LogP contribution in [-0.2, 0) is 0 Å². The third kappa shape index (κ3) is 3.60. The second kappa shape index (κ2) is 5.69. The molecule has 1 unspecified atom stereocenters. The fraction of sp³-hybridized carbons (Fsp3) is 0.538. The van der Waals surface area contributed by atoms with Gasteiger partial charge in [0.15, 0.2) is 0 Å². The zero-order valence-electron chi connectivity index (χ0n) is 11.1. The van der Waals surface area contributed by atoms with Crippen LogP contribution in [0, 0.1) is 16.7 Å². The number of aromatic nitrogens is 1. The van der Waals surface area contributed by atoms with Crippen molar-refractivity contribution in [2.45, 2.75) is 33.2 Å². The van der Waals surface area contributed by atoms with Gasteiger partial charge >= 0.3 is 0 Å². The minimum absolute atomic E-state index is 0.0331. The summed E-state index contributed by atoms with van der Waals surface area (Å²) in [6.45, 7) is 6.31. The first-order chi connectivity index (χ1) is 8.38. The summed E-state index contributed by atoms with van der Waals surface area (Å²) in [4.78, 5) is 4.14. The highest BCUT2D eigenvalue weighted by molar-refractivity contribution is 5.57. The standard InChI is InChI=1S/C13H20N4O/c1-13(2,3)11(4-5-18)17-12-9(7-14)6-10(15)8-16-12/h6,8,11,18H,4-5,15H2,1-3H3,(H,16,17). The molecule has 0 saturated carbocycles. The predicted molar refractivity (Wildman–Crippen MR) is 71.9 cm³/mol. The van der Waals surface area contributed by atoms with Gasteiger partial charge in [0.2, 0.25) is 0 Å². The van der Waals surface area contributed by atoms with E-state index >= 15 is 0 Å². The van der Waals surface area contributed by atoms with Gasteiger partial charge < -0.3 is 16.2 Å². The summed E-state index contributed by atoms with van der Waals surface area (Å²) in [5, 5.41) is 21.4. The summed E-state index contributed by atoms with van der Waals surface area (Å²) < 4.78 is 0. The van der Waals surface area contributed by atoms with Crippen molar-refractivity contribution in [3.8, 4) is 6.07 Å². The second-order valence-electron chi connectivity index (χ2n) is 5.35. The zero-order valence-corrected chi connectivity index (χ0v) is 11.1. The lowest BCUT2D eigenvalue weighted by atomic mass is 9.85. The lowest BCUT2D eigenvalue weighted by molar-refractivity contribution is 0.235. The van der Waals surface area contributed by atoms with Crippen LogP contribution in [0.3, 0.4) is 0 Å². The molecule has 5 nitrogen and oxygen atoms in total. The van der Waals surface area contributed by atoms with Crippen LogP contribution in [0.4, 0.5) is 11.5 Å². The summed E-state index contributed by atoms with van der Waals surface area (Å²) in [5.74, 6) is 0.514. The summed E-state index contributed by atoms with van der Waals surface area (Å²) >= 11 is 0. The van der Waals surface area contributed by atoms with Crippen LogP contribution in [0.15, 0.2) is 12.3 Å². The molecule has 18 heavy (non-hydrogen) atoms. The number of nitrogens with one attached hydrogen (secondary N) is 1. The van der Waals surface area contributed by atoms with E-state index in [9.17, 15) is 0 Å². The number of nitrogens with two attached hydrogens (primary N) is 1. The average Bonchev–Trinajstić information content (AvgIpc) is 2.29. The van der Waals surface area contributed by atoms with E-state index in [2.05, 4.69) is 37.1 Å². The number of aliphatic hydroxyl groups excluding tert-OH is 1. The monoisotopic (exact) mass is 248 g/mol. The Hall–Kier alpha value is -1.80. The Bertz CT molecular complexity index is 445. The summed E-state index contributed by atoms with van der Waals surface area (Å²) in [6.07, 6.45) is 2.11. The van der Waals surface area contributed by atoms with Crippen LogP contribution in [0.25, 0.3) is 0 Å². The Morgan fingerprint density at radius 1 is 1.56 bits per heavy atom. The molecule has 1 rings (SSSR count). The quantitative estimate of drug-likeness (QED) is 0.754. The molecule has 0 aliphatic carbocycles. The normalized spacial score (nSPS) is 12.8. The number of pyridine rings is 1. The molecule has 0 saturated heterocycles. The first kappa shape index (κ1) is 14.3. The molecule has 5 heteroatoms. The van der Waals surface area contributed by atoms with E-state index in [-0.39, 0.29) is 18.1 Å². The van der Waals surface area contributed by atoms with Crippen LogP contribution in [0.5, 0.6) is 0 Å². The molecule has 0 aliphatic rings.